The van der Waals surface area contributed by atoms with E-state index in [-0.39, 0.29) is 18.6 Å². The number of aliphatic hydroxyl groups excluding tert-OH is 1. The summed E-state index contributed by atoms with van der Waals surface area (Å²) in [5, 5.41) is 13.4. The number of para-hydroxylation sites is 1. The van der Waals surface area contributed by atoms with Crippen molar-refractivity contribution >= 4 is 28.6 Å². The van der Waals surface area contributed by atoms with Crippen LogP contribution in [-0.4, -0.2) is 28.6 Å². The molecule has 1 aliphatic rings. The smallest absolute Gasteiger partial charge is 0.248 e. The number of fused-ring (bicyclic) bond motifs is 2. The van der Waals surface area contributed by atoms with E-state index in [0.717, 1.165) is 35.3 Å². The summed E-state index contributed by atoms with van der Waals surface area (Å²) in [6.07, 6.45) is 3.17. The van der Waals surface area contributed by atoms with E-state index in [1.54, 1.807) is 6.08 Å². The zero-order valence-electron chi connectivity index (χ0n) is 15.2. The molecule has 1 atom stereocenters. The normalized spacial score (nSPS) is 15.3. The van der Waals surface area contributed by atoms with Crippen LogP contribution in [0.3, 0.4) is 0 Å². The van der Waals surface area contributed by atoms with E-state index in [2.05, 4.69) is 16.3 Å². The summed E-state index contributed by atoms with van der Waals surface area (Å²) in [7, 11) is 0. The summed E-state index contributed by atoms with van der Waals surface area (Å²) in [5.74, 6) is 0.449. The molecule has 1 aromatic heterocycles. The van der Waals surface area contributed by atoms with E-state index in [1.807, 2.05) is 49.4 Å². The van der Waals surface area contributed by atoms with Crippen LogP contribution in [0.2, 0.25) is 0 Å². The molecular formula is C22H22N2O3. The minimum atomic E-state index is -0.197. The molecule has 138 valence electrons. The Morgan fingerprint density at radius 3 is 2.93 bits per heavy atom. The predicted octanol–water partition coefficient (Wildman–Crippen LogP) is 3.78. The highest BCUT2D eigenvalue weighted by Gasteiger charge is 2.25. The average Bonchev–Trinajstić information content (AvgIpc) is 3.30. The molecule has 5 nitrogen and oxygen atoms in total. The number of carbonyl (C=O) groups excluding carboxylic acids is 1. The molecule has 2 aromatic carbocycles. The number of nitrogens with zero attached hydrogens (tertiary/aromatic N) is 1. The number of aliphatic hydroxyl groups is 1. The van der Waals surface area contributed by atoms with Gasteiger partial charge in [0.25, 0.3) is 0 Å². The van der Waals surface area contributed by atoms with Crippen LogP contribution in [0.4, 0.5) is 5.69 Å². The van der Waals surface area contributed by atoms with Gasteiger partial charge in [0, 0.05) is 36.3 Å². The number of benzene rings is 2. The number of amides is 1. The maximum atomic E-state index is 12.4. The van der Waals surface area contributed by atoms with Gasteiger partial charge >= 0.3 is 0 Å². The second kappa shape index (κ2) is 7.39. The molecule has 3 aromatic rings. The van der Waals surface area contributed by atoms with Crippen LogP contribution < -0.4 is 5.32 Å². The van der Waals surface area contributed by atoms with Gasteiger partial charge in [-0.2, -0.15) is 0 Å². The van der Waals surface area contributed by atoms with Gasteiger partial charge < -0.3 is 14.8 Å². The summed E-state index contributed by atoms with van der Waals surface area (Å²) in [5.41, 5.74) is 3.92. The molecule has 0 aliphatic carbocycles. The summed E-state index contributed by atoms with van der Waals surface area (Å²) < 4.78 is 5.70. The highest BCUT2D eigenvalue weighted by atomic mass is 16.3. The number of anilines is 1. The number of furan rings is 1. The molecule has 5 heteroatoms. The minimum absolute atomic E-state index is 0.0916. The van der Waals surface area contributed by atoms with Gasteiger partial charge in [-0.1, -0.05) is 30.3 Å². The van der Waals surface area contributed by atoms with Gasteiger partial charge in [-0.25, -0.2) is 0 Å². The second-order valence-electron chi connectivity index (χ2n) is 6.89. The van der Waals surface area contributed by atoms with Crippen molar-refractivity contribution in [1.82, 2.24) is 4.90 Å². The van der Waals surface area contributed by atoms with E-state index >= 15 is 0 Å². The third-order valence-corrected chi connectivity index (χ3v) is 5.00. The Labute approximate surface area is 157 Å². The Bertz CT molecular complexity index is 973. The van der Waals surface area contributed by atoms with Gasteiger partial charge in [0.1, 0.15) is 11.3 Å². The van der Waals surface area contributed by atoms with Crippen molar-refractivity contribution in [2.24, 2.45) is 0 Å². The molecule has 0 bridgehead atoms. The fraction of sp³-hybridized carbons (Fsp3) is 0.227. The number of hydrogen-bond acceptors (Lipinski definition) is 4. The van der Waals surface area contributed by atoms with Crippen LogP contribution in [0.1, 0.15) is 23.8 Å². The van der Waals surface area contributed by atoms with Crippen molar-refractivity contribution < 1.29 is 14.3 Å². The van der Waals surface area contributed by atoms with Crippen LogP contribution in [0.5, 0.6) is 0 Å². The van der Waals surface area contributed by atoms with Crippen LogP contribution in [0.15, 0.2) is 59.0 Å². The molecule has 0 fully saturated rings. The van der Waals surface area contributed by atoms with Gasteiger partial charge in [0.15, 0.2) is 0 Å². The largest absolute Gasteiger partial charge is 0.457 e. The SMILES string of the molecule is CC(CO)N1Cc2cccc(NC(=O)C=Cc3cc4ccccc4o3)c2C1. The maximum Gasteiger partial charge on any atom is 0.248 e. The summed E-state index contributed by atoms with van der Waals surface area (Å²) in [4.78, 5) is 14.6. The average molecular weight is 362 g/mol. The van der Waals surface area contributed by atoms with Gasteiger partial charge in [0.05, 0.1) is 6.61 Å². The molecule has 27 heavy (non-hydrogen) atoms. The molecule has 4 rings (SSSR count). The first-order chi connectivity index (χ1) is 13.1. The van der Waals surface area contributed by atoms with Crippen molar-refractivity contribution in [3.63, 3.8) is 0 Å². The van der Waals surface area contributed by atoms with Crippen molar-refractivity contribution in [3.8, 4) is 0 Å². The zero-order valence-corrected chi connectivity index (χ0v) is 15.2. The molecule has 2 N–H and O–H groups in total. The third-order valence-electron chi connectivity index (χ3n) is 5.00. The highest BCUT2D eigenvalue weighted by molar-refractivity contribution is 6.02. The van der Waals surface area contributed by atoms with Crippen molar-refractivity contribution in [2.45, 2.75) is 26.1 Å². The van der Waals surface area contributed by atoms with E-state index in [4.69, 9.17) is 4.42 Å². The Morgan fingerprint density at radius 2 is 2.11 bits per heavy atom. The van der Waals surface area contributed by atoms with Crippen LogP contribution in [0.25, 0.3) is 17.0 Å². The van der Waals surface area contributed by atoms with E-state index in [0.29, 0.717) is 5.76 Å². The molecule has 1 aliphatic heterocycles. The summed E-state index contributed by atoms with van der Waals surface area (Å²) in [6.45, 7) is 3.63. The topological polar surface area (TPSA) is 65.7 Å². The second-order valence-corrected chi connectivity index (χ2v) is 6.89. The van der Waals surface area contributed by atoms with Gasteiger partial charge in [0.2, 0.25) is 5.91 Å². The molecule has 2 heterocycles. The Morgan fingerprint density at radius 1 is 1.26 bits per heavy atom. The number of rotatable bonds is 5. The van der Waals surface area contributed by atoms with Gasteiger partial charge in [-0.05, 0) is 42.3 Å². The fourth-order valence-corrected chi connectivity index (χ4v) is 3.41. The highest BCUT2D eigenvalue weighted by Crippen LogP contribution is 2.30. The quantitative estimate of drug-likeness (QED) is 0.678. The molecule has 0 radical (unpaired) electrons. The summed E-state index contributed by atoms with van der Waals surface area (Å²) >= 11 is 0. The fourth-order valence-electron chi connectivity index (χ4n) is 3.41. The van der Waals surface area contributed by atoms with Crippen molar-refractivity contribution in [2.75, 3.05) is 11.9 Å². The van der Waals surface area contributed by atoms with Gasteiger partial charge in [-0.3, -0.25) is 9.69 Å². The first-order valence-electron chi connectivity index (χ1n) is 9.07. The number of carbonyl (C=O) groups is 1. The molecule has 1 unspecified atom stereocenters. The van der Waals surface area contributed by atoms with E-state index in [9.17, 15) is 9.90 Å². The molecular weight excluding hydrogens is 340 g/mol. The molecule has 0 saturated heterocycles. The maximum absolute atomic E-state index is 12.4. The Kier molecular flexibility index (Phi) is 4.79. The van der Waals surface area contributed by atoms with Crippen LogP contribution in [0, 0.1) is 0 Å². The Hall–Kier alpha value is -2.89. The van der Waals surface area contributed by atoms with Crippen LogP contribution >= 0.6 is 0 Å². The van der Waals surface area contributed by atoms with E-state index in [1.165, 1.54) is 11.6 Å². The monoisotopic (exact) mass is 362 g/mol. The van der Waals surface area contributed by atoms with Crippen molar-refractivity contribution in [3.05, 3.63) is 71.5 Å². The minimum Gasteiger partial charge on any atom is -0.457 e. The zero-order chi connectivity index (χ0) is 18.8. The van der Waals surface area contributed by atoms with Crippen LogP contribution in [-0.2, 0) is 17.9 Å². The van der Waals surface area contributed by atoms with Gasteiger partial charge in [-0.15, -0.1) is 0 Å². The molecule has 0 spiro atoms. The predicted molar refractivity (Wildman–Crippen MR) is 106 cm³/mol. The van der Waals surface area contributed by atoms with Crippen molar-refractivity contribution in [1.29, 1.82) is 0 Å². The number of nitrogens with one attached hydrogen (secondary N) is 1. The molecule has 0 saturated carbocycles. The molecule has 1 amide bonds. The lowest BCUT2D eigenvalue weighted by Gasteiger charge is -2.21. The Balaban J connectivity index is 1.47. The number of hydrogen-bond donors (Lipinski definition) is 2. The summed E-state index contributed by atoms with van der Waals surface area (Å²) in [6, 6.07) is 15.7. The lowest BCUT2D eigenvalue weighted by atomic mass is 10.1. The lowest BCUT2D eigenvalue weighted by Crippen LogP contribution is -2.30. The first kappa shape index (κ1) is 17.5. The first-order valence-corrected chi connectivity index (χ1v) is 9.07. The standard InChI is InChI=1S/C22H22N2O3/c1-15(14-25)24-12-17-6-4-7-20(19(17)13-24)23-22(26)10-9-18-11-16-5-2-3-8-21(16)27-18/h2-11,15,25H,12-14H2,1H3,(H,23,26). The lowest BCUT2D eigenvalue weighted by molar-refractivity contribution is -0.111. The third kappa shape index (κ3) is 3.65. The van der Waals surface area contributed by atoms with E-state index < -0.39 is 0 Å².